The van der Waals surface area contributed by atoms with Crippen molar-refractivity contribution in [2.24, 2.45) is 0 Å². The van der Waals surface area contributed by atoms with Crippen molar-refractivity contribution >= 4 is 39.4 Å². The van der Waals surface area contributed by atoms with Crippen molar-refractivity contribution in [3.8, 4) is 0 Å². The second-order valence-electron chi connectivity index (χ2n) is 3.51. The molecule has 0 saturated carbocycles. The molecule has 0 fully saturated rings. The molecular weight excluding hydrogens is 332 g/mol. The number of thioether (sulfide) groups is 1. The van der Waals surface area contributed by atoms with Crippen LogP contribution in [-0.2, 0) is 11.2 Å². The molecule has 0 aliphatic rings. The number of pyridine rings is 1. The number of nitrogens with one attached hydrogen (secondary N) is 1. The molecule has 6 nitrogen and oxygen atoms in total. The second kappa shape index (κ2) is 6.67. The van der Waals surface area contributed by atoms with Gasteiger partial charge < -0.3 is 9.73 Å². The fourth-order valence-corrected chi connectivity index (χ4v) is 2.01. The summed E-state index contributed by atoms with van der Waals surface area (Å²) in [4.78, 5) is 15.7. The Morgan fingerprint density at radius 1 is 1.47 bits per heavy atom. The van der Waals surface area contributed by atoms with E-state index in [0.717, 1.165) is 4.47 Å². The summed E-state index contributed by atoms with van der Waals surface area (Å²) in [6.07, 6.45) is 2.30. The van der Waals surface area contributed by atoms with Crippen LogP contribution >= 0.6 is 27.7 Å². The van der Waals surface area contributed by atoms with Crippen molar-refractivity contribution in [3.63, 3.8) is 0 Å². The van der Waals surface area contributed by atoms with Gasteiger partial charge in [0, 0.05) is 17.1 Å². The third-order valence-electron chi connectivity index (χ3n) is 2.07. The summed E-state index contributed by atoms with van der Waals surface area (Å²) < 4.78 is 6.15. The van der Waals surface area contributed by atoms with E-state index in [9.17, 15) is 4.79 Å². The minimum atomic E-state index is -0.170. The van der Waals surface area contributed by atoms with Gasteiger partial charge in [-0.05, 0) is 28.1 Å². The van der Waals surface area contributed by atoms with Crippen LogP contribution in [0.1, 0.15) is 12.8 Å². The van der Waals surface area contributed by atoms with E-state index in [1.807, 2.05) is 6.92 Å². The van der Waals surface area contributed by atoms with Crippen molar-refractivity contribution in [2.45, 2.75) is 18.6 Å². The topological polar surface area (TPSA) is 80.9 Å². The summed E-state index contributed by atoms with van der Waals surface area (Å²) in [6.45, 7) is 1.92. The van der Waals surface area contributed by atoms with Gasteiger partial charge in [0.25, 0.3) is 5.22 Å². The van der Waals surface area contributed by atoms with Gasteiger partial charge in [-0.25, -0.2) is 4.98 Å². The maximum atomic E-state index is 11.7. The van der Waals surface area contributed by atoms with Gasteiger partial charge in [-0.15, -0.1) is 10.2 Å². The Morgan fingerprint density at radius 2 is 2.32 bits per heavy atom. The van der Waals surface area contributed by atoms with Crippen LogP contribution in [0.5, 0.6) is 0 Å². The fourth-order valence-electron chi connectivity index (χ4n) is 1.20. The molecule has 2 heterocycles. The molecule has 19 heavy (non-hydrogen) atoms. The first-order valence-corrected chi connectivity index (χ1v) is 7.32. The summed E-state index contributed by atoms with van der Waals surface area (Å²) >= 11 is 4.47. The number of amides is 1. The Kier molecular flexibility index (Phi) is 4.92. The molecule has 0 bridgehead atoms. The van der Waals surface area contributed by atoms with E-state index in [1.165, 1.54) is 11.8 Å². The number of carbonyl (C=O) groups excluding carboxylic acids is 1. The number of hydrogen-bond acceptors (Lipinski definition) is 6. The molecule has 1 amide bonds. The third-order valence-corrected chi connectivity index (χ3v) is 3.36. The monoisotopic (exact) mass is 342 g/mol. The highest BCUT2D eigenvalue weighted by molar-refractivity contribution is 9.10. The highest BCUT2D eigenvalue weighted by Gasteiger charge is 2.09. The van der Waals surface area contributed by atoms with Gasteiger partial charge in [-0.3, -0.25) is 4.79 Å². The lowest BCUT2D eigenvalue weighted by atomic mass is 10.4. The van der Waals surface area contributed by atoms with E-state index >= 15 is 0 Å². The number of carbonyl (C=O) groups is 1. The molecule has 2 rings (SSSR count). The number of aromatic nitrogens is 3. The zero-order valence-corrected chi connectivity index (χ0v) is 12.5. The molecule has 2 aromatic heterocycles. The number of hydrogen-bond donors (Lipinski definition) is 1. The van der Waals surface area contributed by atoms with Crippen LogP contribution in [-0.4, -0.2) is 26.8 Å². The maximum absolute atomic E-state index is 11.7. The Hall–Kier alpha value is -1.41. The second-order valence-corrected chi connectivity index (χ2v) is 5.36. The van der Waals surface area contributed by atoms with E-state index in [2.05, 4.69) is 36.4 Å². The normalized spacial score (nSPS) is 10.4. The molecular formula is C11H11BrN4O2S. The summed E-state index contributed by atoms with van der Waals surface area (Å²) in [7, 11) is 0. The van der Waals surface area contributed by atoms with Crippen molar-refractivity contribution in [1.29, 1.82) is 0 Å². The minimum Gasteiger partial charge on any atom is -0.416 e. The molecule has 1 N–H and O–H groups in total. The van der Waals surface area contributed by atoms with Gasteiger partial charge in [0.05, 0.1) is 5.75 Å². The molecule has 0 aromatic carbocycles. The SMILES string of the molecule is CCc1nnc(SCC(=O)Nc2ccc(Br)cn2)o1. The maximum Gasteiger partial charge on any atom is 0.277 e. The minimum absolute atomic E-state index is 0.170. The van der Waals surface area contributed by atoms with Crippen LogP contribution in [0.15, 0.2) is 32.4 Å². The van der Waals surface area contributed by atoms with Crippen molar-refractivity contribution in [2.75, 3.05) is 11.1 Å². The Balaban J connectivity index is 1.82. The number of rotatable bonds is 5. The van der Waals surface area contributed by atoms with Crippen LogP contribution in [0.2, 0.25) is 0 Å². The molecule has 8 heteroatoms. The number of aryl methyl sites for hydroxylation is 1. The lowest BCUT2D eigenvalue weighted by Crippen LogP contribution is -2.14. The largest absolute Gasteiger partial charge is 0.416 e. The summed E-state index contributed by atoms with van der Waals surface area (Å²) in [5, 5.41) is 10.7. The Bertz CT molecular complexity index is 558. The standard InChI is InChI=1S/C11H11BrN4O2S/c1-2-10-15-16-11(18-10)19-6-9(17)14-8-4-3-7(12)5-13-8/h3-5H,2,6H2,1H3,(H,13,14,17). The lowest BCUT2D eigenvalue weighted by Gasteiger charge is -2.02. The highest BCUT2D eigenvalue weighted by atomic mass is 79.9. The third kappa shape index (κ3) is 4.32. The van der Waals surface area contributed by atoms with E-state index in [-0.39, 0.29) is 11.7 Å². The molecule has 0 unspecified atom stereocenters. The van der Waals surface area contributed by atoms with Crippen molar-refractivity contribution in [1.82, 2.24) is 15.2 Å². The molecule has 0 atom stereocenters. The molecule has 0 radical (unpaired) electrons. The Morgan fingerprint density at radius 3 is 2.95 bits per heavy atom. The zero-order valence-electron chi connectivity index (χ0n) is 10.1. The fraction of sp³-hybridized carbons (Fsp3) is 0.273. The van der Waals surface area contributed by atoms with Crippen LogP contribution in [0.3, 0.4) is 0 Å². The van der Waals surface area contributed by atoms with Crippen molar-refractivity contribution in [3.05, 3.63) is 28.7 Å². The molecule has 0 saturated heterocycles. The molecule has 0 aliphatic heterocycles. The van der Waals surface area contributed by atoms with E-state index in [0.29, 0.717) is 23.4 Å². The zero-order chi connectivity index (χ0) is 13.7. The van der Waals surface area contributed by atoms with Gasteiger partial charge in [-0.2, -0.15) is 0 Å². The smallest absolute Gasteiger partial charge is 0.277 e. The van der Waals surface area contributed by atoms with Crippen molar-refractivity contribution < 1.29 is 9.21 Å². The average Bonchev–Trinajstić information content (AvgIpc) is 2.87. The van der Waals surface area contributed by atoms with Crippen LogP contribution in [0, 0.1) is 0 Å². The number of halogens is 1. The van der Waals surface area contributed by atoms with E-state index < -0.39 is 0 Å². The number of nitrogens with zero attached hydrogens (tertiary/aromatic N) is 3. The van der Waals surface area contributed by atoms with Gasteiger partial charge in [0.2, 0.25) is 11.8 Å². The van der Waals surface area contributed by atoms with Gasteiger partial charge in [-0.1, -0.05) is 18.7 Å². The molecule has 100 valence electrons. The quantitative estimate of drug-likeness (QED) is 0.841. The molecule has 2 aromatic rings. The highest BCUT2D eigenvalue weighted by Crippen LogP contribution is 2.17. The predicted molar refractivity (Wildman–Crippen MR) is 75.0 cm³/mol. The van der Waals surface area contributed by atoms with Gasteiger partial charge in [0.15, 0.2) is 0 Å². The summed E-state index contributed by atoms with van der Waals surface area (Å²) in [5.41, 5.74) is 0. The van der Waals surface area contributed by atoms with Gasteiger partial charge >= 0.3 is 0 Å². The molecule has 0 spiro atoms. The van der Waals surface area contributed by atoms with E-state index in [4.69, 9.17) is 4.42 Å². The number of anilines is 1. The average molecular weight is 343 g/mol. The van der Waals surface area contributed by atoms with Crippen LogP contribution < -0.4 is 5.32 Å². The molecule has 0 aliphatic carbocycles. The first-order valence-electron chi connectivity index (χ1n) is 5.54. The Labute approximate surface area is 122 Å². The predicted octanol–water partition coefficient (Wildman–Crippen LogP) is 2.52. The first-order chi connectivity index (χ1) is 9.17. The van der Waals surface area contributed by atoms with Crippen LogP contribution in [0.4, 0.5) is 5.82 Å². The lowest BCUT2D eigenvalue weighted by molar-refractivity contribution is -0.113. The first kappa shape index (κ1) is 14.0. The summed E-state index contributed by atoms with van der Waals surface area (Å²) in [6, 6.07) is 3.52. The van der Waals surface area contributed by atoms with E-state index in [1.54, 1.807) is 18.3 Å². The van der Waals surface area contributed by atoms with Gasteiger partial charge in [0.1, 0.15) is 5.82 Å². The summed E-state index contributed by atoms with van der Waals surface area (Å²) in [5.74, 6) is 1.10. The van der Waals surface area contributed by atoms with Crippen LogP contribution in [0.25, 0.3) is 0 Å².